The van der Waals surface area contributed by atoms with E-state index < -0.39 is 84.5 Å². The van der Waals surface area contributed by atoms with Gasteiger partial charge in [0.15, 0.2) is 0 Å². The molecule has 0 unspecified atom stereocenters. The molecule has 24 heteroatoms. The van der Waals surface area contributed by atoms with Crippen LogP contribution in [0.15, 0.2) is 33.9 Å². The summed E-state index contributed by atoms with van der Waals surface area (Å²) in [7, 11) is 0. The first-order chi connectivity index (χ1) is 30.3. The number of aliphatic carboxylic acids is 1. The normalized spacial score (nSPS) is 19.7. The maximum atomic E-state index is 12.5. The van der Waals surface area contributed by atoms with Gasteiger partial charge < -0.3 is 90.4 Å². The van der Waals surface area contributed by atoms with Gasteiger partial charge in [-0.3, -0.25) is 19.2 Å². The van der Waals surface area contributed by atoms with Crippen molar-refractivity contribution in [1.29, 1.82) is 0 Å². The molecule has 3 rings (SSSR count). The average molecular weight is 922 g/mol. The second-order valence-corrected chi connectivity index (χ2v) is 14.3. The summed E-state index contributed by atoms with van der Waals surface area (Å²) in [4.78, 5) is 61.1. The van der Waals surface area contributed by atoms with Crippen molar-refractivity contribution < 1.29 is 77.8 Å². The van der Waals surface area contributed by atoms with Crippen LogP contribution in [0.2, 0.25) is 5.02 Å². The van der Waals surface area contributed by atoms with Gasteiger partial charge >= 0.3 is 5.97 Å². The van der Waals surface area contributed by atoms with Gasteiger partial charge in [-0.2, -0.15) is 0 Å². The number of aliphatic hydroxyl groups is 4. The number of halogens is 1. The molecular weight excluding hydrogens is 862 g/mol. The first-order valence-corrected chi connectivity index (χ1v) is 20.7. The smallest absolute Gasteiger partial charge is 0.364 e. The zero-order valence-corrected chi connectivity index (χ0v) is 35.6. The molecule has 0 spiro atoms. The number of carbonyl (C=O) groups excluding carboxylic acids is 2. The molecule has 356 valence electrons. The molecule has 0 radical (unpaired) electrons. The zero-order chi connectivity index (χ0) is 46.0. The van der Waals surface area contributed by atoms with E-state index >= 15 is 0 Å². The summed E-state index contributed by atoms with van der Waals surface area (Å²) in [5, 5.41) is 63.1. The van der Waals surface area contributed by atoms with Crippen molar-refractivity contribution in [3.63, 3.8) is 0 Å². The van der Waals surface area contributed by atoms with E-state index in [1.165, 1.54) is 0 Å². The predicted octanol–water partition coefficient (Wildman–Crippen LogP) is -3.68. The highest BCUT2D eigenvalue weighted by Gasteiger charge is 2.55. The molecule has 0 saturated carbocycles. The predicted molar refractivity (Wildman–Crippen MR) is 223 cm³/mol. The Morgan fingerprint density at radius 1 is 0.778 bits per heavy atom. The zero-order valence-electron chi connectivity index (χ0n) is 34.8. The molecule has 2 aromatic rings. The first kappa shape index (κ1) is 53.4. The molecule has 1 heterocycles. The lowest BCUT2D eigenvalue weighted by Crippen LogP contribution is -2.68. The minimum absolute atomic E-state index is 0.0379. The molecule has 0 bridgehead atoms. The van der Waals surface area contributed by atoms with E-state index in [9.17, 15) is 49.5 Å². The summed E-state index contributed by atoms with van der Waals surface area (Å²) < 4.78 is 43.6. The molecule has 6 atom stereocenters. The second-order valence-electron chi connectivity index (χ2n) is 13.9. The van der Waals surface area contributed by atoms with E-state index in [1.54, 1.807) is 24.3 Å². The Balaban J connectivity index is 1.34. The first-order valence-electron chi connectivity index (χ1n) is 20.3. The van der Waals surface area contributed by atoms with Gasteiger partial charge in [-0.15, -0.1) is 0 Å². The van der Waals surface area contributed by atoms with Crippen LogP contribution >= 0.6 is 11.6 Å². The van der Waals surface area contributed by atoms with Gasteiger partial charge in [0.05, 0.1) is 111 Å². The van der Waals surface area contributed by atoms with Crippen LogP contribution in [0.1, 0.15) is 12.0 Å². The Morgan fingerprint density at radius 3 is 1.76 bits per heavy atom. The third kappa shape index (κ3) is 18.6. The lowest BCUT2D eigenvalue weighted by Gasteiger charge is -2.46. The summed E-state index contributed by atoms with van der Waals surface area (Å²) in [5.41, 5.74) is 4.94. The maximum Gasteiger partial charge on any atom is 0.364 e. The van der Waals surface area contributed by atoms with Crippen LogP contribution in [0.3, 0.4) is 0 Å². The van der Waals surface area contributed by atoms with Crippen LogP contribution in [0.25, 0.3) is 0 Å². The quantitative estimate of drug-likeness (QED) is 0.0235. The number of ether oxygens (including phenoxy) is 8. The molecular formula is C39H60ClN5O18. The number of hydrogen-bond acceptors (Lipinski definition) is 20. The SMILES string of the molecule is NCCOCCOCCOCCOCCNc1c(NCCOCCOCCO[C@]2(C(=O)O)C[C@H](O)[C@@H](NC(=O)CO)[C@H]([C@H](O)[C@H](O)CNC(=O)Cc3ccc(Cl)cc3)O2)c(=O)c1=O. The van der Waals surface area contributed by atoms with Crippen molar-refractivity contribution in [3.8, 4) is 0 Å². The molecule has 0 aliphatic carbocycles. The Kier molecular flexibility index (Phi) is 25.0. The van der Waals surface area contributed by atoms with E-state index in [4.69, 9.17) is 55.2 Å². The highest BCUT2D eigenvalue weighted by molar-refractivity contribution is 6.30. The van der Waals surface area contributed by atoms with E-state index in [1.807, 2.05) is 0 Å². The monoisotopic (exact) mass is 921 g/mol. The summed E-state index contributed by atoms with van der Waals surface area (Å²) >= 11 is 5.87. The van der Waals surface area contributed by atoms with Gasteiger partial charge in [0.2, 0.25) is 11.8 Å². The van der Waals surface area contributed by atoms with Crippen LogP contribution in [-0.4, -0.2) is 198 Å². The van der Waals surface area contributed by atoms with Crippen molar-refractivity contribution >= 4 is 40.8 Å². The molecule has 1 saturated heterocycles. The summed E-state index contributed by atoms with van der Waals surface area (Å²) in [6.45, 7) is 2.31. The van der Waals surface area contributed by atoms with Gasteiger partial charge in [0.25, 0.3) is 16.6 Å². The van der Waals surface area contributed by atoms with Crippen molar-refractivity contribution in [3.05, 3.63) is 55.3 Å². The average Bonchev–Trinajstić information content (AvgIpc) is 3.27. The number of benzene rings is 1. The summed E-state index contributed by atoms with van der Waals surface area (Å²) in [5.74, 6) is -5.78. The standard InChI is InChI=1S/C39H60ClN5O18/c40-26-3-1-25(2-4-26)21-29(49)44-23-28(48)34(51)37-31(45-30(50)24-46)27(47)22-39(63-37,38(54)55)62-20-19-61-16-13-58-10-7-43-33-32(35(52)36(33)53)42-6-9-57-12-15-60-18-17-59-14-11-56-8-5-41/h1-4,27-28,31,34,37,42-43,46-48,51H,5-24,41H2,(H,44,49)(H,45,50)(H,54,55)/t27-,28+,31+,34+,37+,39+/m0/s1. The van der Waals surface area contributed by atoms with Crippen molar-refractivity contribution in [1.82, 2.24) is 10.6 Å². The number of carbonyl (C=O) groups is 3. The second kappa shape index (κ2) is 29.5. The topological polar surface area (TPSA) is 334 Å². The molecule has 1 aliphatic heterocycles. The Bertz CT molecular complexity index is 1720. The number of anilines is 2. The third-order valence-corrected chi connectivity index (χ3v) is 9.46. The summed E-state index contributed by atoms with van der Waals surface area (Å²) in [6.07, 6.45) is -8.10. The van der Waals surface area contributed by atoms with Crippen LogP contribution in [0.4, 0.5) is 11.4 Å². The lowest BCUT2D eigenvalue weighted by molar-refractivity contribution is -0.312. The highest BCUT2D eigenvalue weighted by atomic mass is 35.5. The van der Waals surface area contributed by atoms with E-state index in [2.05, 4.69) is 21.3 Å². The molecule has 2 amide bonds. The van der Waals surface area contributed by atoms with Gasteiger partial charge in [0, 0.05) is 37.6 Å². The van der Waals surface area contributed by atoms with E-state index in [0.717, 1.165) is 0 Å². The number of amides is 2. The number of carboxylic acids is 1. The minimum atomic E-state index is -2.57. The fourth-order valence-electron chi connectivity index (χ4n) is 6.01. The number of rotatable bonds is 35. The fraction of sp³-hybridized carbons (Fsp3) is 0.667. The van der Waals surface area contributed by atoms with Crippen LogP contribution in [0, 0.1) is 0 Å². The minimum Gasteiger partial charge on any atom is -0.477 e. The maximum absolute atomic E-state index is 12.5. The van der Waals surface area contributed by atoms with E-state index in [-0.39, 0.29) is 70.5 Å². The van der Waals surface area contributed by atoms with Crippen molar-refractivity contribution in [2.75, 3.05) is 129 Å². The number of hydrogen-bond donors (Lipinski definition) is 10. The van der Waals surface area contributed by atoms with Crippen molar-refractivity contribution in [2.24, 2.45) is 5.73 Å². The Morgan fingerprint density at radius 2 is 1.27 bits per heavy atom. The number of nitrogens with two attached hydrogens (primary N) is 1. The van der Waals surface area contributed by atoms with Crippen LogP contribution in [0.5, 0.6) is 0 Å². The van der Waals surface area contributed by atoms with Gasteiger partial charge in [-0.1, -0.05) is 23.7 Å². The molecule has 1 fully saturated rings. The molecule has 0 aromatic heterocycles. The van der Waals surface area contributed by atoms with Crippen molar-refractivity contribution in [2.45, 2.75) is 49.1 Å². The molecule has 11 N–H and O–H groups in total. The van der Waals surface area contributed by atoms with Gasteiger partial charge in [0.1, 0.15) is 30.2 Å². The largest absolute Gasteiger partial charge is 0.477 e. The number of aliphatic hydroxyl groups excluding tert-OH is 4. The number of carboxylic acid groups (broad SMARTS) is 1. The van der Waals surface area contributed by atoms with Gasteiger partial charge in [-0.05, 0) is 17.7 Å². The molecule has 63 heavy (non-hydrogen) atoms. The summed E-state index contributed by atoms with van der Waals surface area (Å²) in [6, 6.07) is 4.94. The third-order valence-electron chi connectivity index (χ3n) is 9.21. The van der Waals surface area contributed by atoms with Crippen LogP contribution < -0.4 is 37.9 Å². The lowest BCUT2D eigenvalue weighted by atomic mass is 9.88. The number of nitrogens with one attached hydrogen (secondary N) is 4. The molecule has 2 aromatic carbocycles. The molecule has 1 aliphatic rings. The fourth-order valence-corrected chi connectivity index (χ4v) is 6.14. The van der Waals surface area contributed by atoms with E-state index in [0.29, 0.717) is 63.4 Å². The van der Waals surface area contributed by atoms with Gasteiger partial charge in [-0.25, -0.2) is 4.79 Å². The highest BCUT2D eigenvalue weighted by Crippen LogP contribution is 2.33. The Labute approximate surface area is 368 Å². The van der Waals surface area contributed by atoms with Crippen LogP contribution in [-0.2, 0) is 58.7 Å². The molecule has 23 nitrogen and oxygen atoms in total. The Hall–Kier alpha value is -3.92.